The van der Waals surface area contributed by atoms with E-state index >= 15 is 0 Å². The van der Waals surface area contributed by atoms with Gasteiger partial charge in [0.15, 0.2) is 0 Å². The normalized spacial score (nSPS) is 10.5. The minimum atomic E-state index is -1.25. The van der Waals surface area contributed by atoms with Gasteiger partial charge < -0.3 is 10.2 Å². The first-order chi connectivity index (χ1) is 11.4. The zero-order valence-corrected chi connectivity index (χ0v) is 12.9. The lowest BCUT2D eigenvalue weighted by Gasteiger charge is -2.15. The molecule has 24 heavy (non-hydrogen) atoms. The maximum atomic E-state index is 12.2. The van der Waals surface area contributed by atoms with E-state index < -0.39 is 17.6 Å². The van der Waals surface area contributed by atoms with Gasteiger partial charge in [-0.1, -0.05) is 30.0 Å². The Morgan fingerprint density at radius 3 is 2.33 bits per heavy atom. The van der Waals surface area contributed by atoms with Crippen molar-refractivity contribution < 1.29 is 19.8 Å². The molecule has 0 aliphatic heterocycles. The molecule has 0 aromatic heterocycles. The topological polar surface area (TPSA) is 103 Å². The third-order valence-corrected chi connectivity index (χ3v) is 3.02. The Hall–Kier alpha value is -3.48. The van der Waals surface area contributed by atoms with Crippen LogP contribution in [0.3, 0.4) is 0 Å². The van der Waals surface area contributed by atoms with Gasteiger partial charge in [0, 0.05) is 11.6 Å². The summed E-state index contributed by atoms with van der Waals surface area (Å²) in [7, 11) is 0. The Kier molecular flexibility index (Phi) is 5.06. The zero-order valence-electron chi connectivity index (χ0n) is 12.9. The van der Waals surface area contributed by atoms with Gasteiger partial charge in [-0.3, -0.25) is 4.79 Å². The van der Waals surface area contributed by atoms with Crippen LogP contribution in [-0.4, -0.2) is 22.1 Å². The van der Waals surface area contributed by atoms with E-state index in [1.54, 1.807) is 37.3 Å². The maximum absolute atomic E-state index is 12.2. The van der Waals surface area contributed by atoms with E-state index in [2.05, 4.69) is 16.9 Å². The lowest BCUT2D eigenvalue weighted by Crippen LogP contribution is -2.25. The second kappa shape index (κ2) is 7.19. The molecule has 2 aromatic carbocycles. The summed E-state index contributed by atoms with van der Waals surface area (Å²) in [4.78, 5) is 23.1. The van der Waals surface area contributed by atoms with Crippen LogP contribution in [0.5, 0.6) is 5.75 Å². The molecule has 0 atom stereocenters. The fourth-order valence-electron chi connectivity index (χ4n) is 1.82. The summed E-state index contributed by atoms with van der Waals surface area (Å²) in [5, 5.41) is 27.4. The van der Waals surface area contributed by atoms with Crippen LogP contribution < -0.4 is 5.01 Å². The maximum Gasteiger partial charge on any atom is 0.339 e. The second-order valence-corrected chi connectivity index (χ2v) is 4.93. The van der Waals surface area contributed by atoms with Crippen molar-refractivity contribution in [1.29, 1.82) is 0 Å². The van der Waals surface area contributed by atoms with Crippen molar-refractivity contribution in [3.05, 3.63) is 66.2 Å². The molecular weight excluding hydrogens is 310 g/mol. The summed E-state index contributed by atoms with van der Waals surface area (Å²) in [5.74, 6) is -2.12. The molecule has 0 fully saturated rings. The van der Waals surface area contributed by atoms with Gasteiger partial charge >= 0.3 is 5.97 Å². The number of nitrogens with zero attached hydrogens (tertiary/aromatic N) is 3. The number of rotatable bonds is 5. The molecule has 2 aromatic rings. The molecule has 0 bridgehead atoms. The number of carbonyl (C=O) groups is 2. The summed E-state index contributed by atoms with van der Waals surface area (Å²) >= 11 is 0. The van der Waals surface area contributed by atoms with Crippen molar-refractivity contribution >= 4 is 23.3 Å². The number of benzene rings is 2. The zero-order chi connectivity index (χ0) is 17.7. The Balaban J connectivity index is 2.34. The minimum Gasteiger partial charge on any atom is -0.507 e. The Morgan fingerprint density at radius 1 is 1.12 bits per heavy atom. The Bertz CT molecular complexity index is 816. The van der Waals surface area contributed by atoms with Crippen molar-refractivity contribution in [3.8, 4) is 5.75 Å². The first-order valence-corrected chi connectivity index (χ1v) is 6.93. The summed E-state index contributed by atoms with van der Waals surface area (Å²) in [6.07, 6.45) is 0. The molecule has 0 aliphatic rings. The molecule has 122 valence electrons. The molecule has 1 amide bonds. The Morgan fingerprint density at radius 2 is 1.79 bits per heavy atom. The third-order valence-electron chi connectivity index (χ3n) is 3.02. The van der Waals surface area contributed by atoms with Crippen molar-refractivity contribution in [2.45, 2.75) is 6.92 Å². The molecule has 7 heteroatoms. The van der Waals surface area contributed by atoms with Gasteiger partial charge in [0.1, 0.15) is 11.3 Å². The van der Waals surface area contributed by atoms with Crippen molar-refractivity contribution in [1.82, 2.24) is 0 Å². The van der Waals surface area contributed by atoms with Crippen LogP contribution >= 0.6 is 0 Å². The predicted octanol–water partition coefficient (Wildman–Crippen LogP) is 3.70. The summed E-state index contributed by atoms with van der Waals surface area (Å²) in [6.45, 7) is 5.16. The highest BCUT2D eigenvalue weighted by molar-refractivity contribution is 6.04. The second-order valence-electron chi connectivity index (χ2n) is 4.93. The number of anilines is 1. The number of carbonyl (C=O) groups excluding carboxylic acids is 1. The van der Waals surface area contributed by atoms with E-state index in [0.29, 0.717) is 5.69 Å². The lowest BCUT2D eigenvalue weighted by molar-refractivity contribution is -0.115. The molecule has 0 unspecified atom stereocenters. The molecule has 0 radical (unpaired) electrons. The standard InChI is InChI=1S/C17H15N3O4/c1-11(2)16(22)20(13-6-4-3-5-7-13)19-18-12-8-9-14(17(23)24)15(21)10-12/h3-10,21H,1H2,2H3,(H,23,24). The molecule has 2 N–H and O–H groups in total. The number of aromatic hydroxyl groups is 1. The van der Waals surface area contributed by atoms with Crippen LogP contribution in [0.4, 0.5) is 11.4 Å². The van der Waals surface area contributed by atoms with Crippen LogP contribution in [0.2, 0.25) is 0 Å². The van der Waals surface area contributed by atoms with Crippen LogP contribution in [0.25, 0.3) is 0 Å². The van der Waals surface area contributed by atoms with E-state index in [0.717, 1.165) is 11.1 Å². The SMILES string of the molecule is C=C(C)C(=O)N(N=Nc1ccc(C(=O)O)c(O)c1)c1ccccc1. The van der Waals surface area contributed by atoms with Crippen LogP contribution in [-0.2, 0) is 4.79 Å². The summed E-state index contributed by atoms with van der Waals surface area (Å²) in [5.41, 5.74) is 0.738. The van der Waals surface area contributed by atoms with Crippen molar-refractivity contribution in [2.24, 2.45) is 10.3 Å². The highest BCUT2D eigenvalue weighted by Gasteiger charge is 2.16. The first-order valence-electron chi connectivity index (χ1n) is 6.93. The molecule has 7 nitrogen and oxygen atoms in total. The quantitative estimate of drug-likeness (QED) is 0.497. The average molecular weight is 325 g/mol. The van der Waals surface area contributed by atoms with Gasteiger partial charge in [0.05, 0.1) is 11.4 Å². The first kappa shape index (κ1) is 16.9. The molecule has 2 rings (SSSR count). The predicted molar refractivity (Wildman–Crippen MR) is 88.3 cm³/mol. The van der Waals surface area contributed by atoms with Crippen LogP contribution in [0.1, 0.15) is 17.3 Å². The van der Waals surface area contributed by atoms with Crippen LogP contribution in [0, 0.1) is 0 Å². The van der Waals surface area contributed by atoms with E-state index in [4.69, 9.17) is 5.11 Å². The fraction of sp³-hybridized carbons (Fsp3) is 0.0588. The molecule has 0 heterocycles. The van der Waals surface area contributed by atoms with Gasteiger partial charge in [0.2, 0.25) is 0 Å². The summed E-state index contributed by atoms with van der Waals surface area (Å²) in [6, 6.07) is 12.4. The number of carboxylic acid groups (broad SMARTS) is 1. The minimum absolute atomic E-state index is 0.202. The van der Waals surface area contributed by atoms with Gasteiger partial charge in [-0.25, -0.2) is 4.79 Å². The van der Waals surface area contributed by atoms with Gasteiger partial charge in [-0.2, -0.15) is 5.01 Å². The van der Waals surface area contributed by atoms with E-state index in [1.807, 2.05) is 0 Å². The molecule has 0 aliphatic carbocycles. The van der Waals surface area contributed by atoms with Gasteiger partial charge in [0.25, 0.3) is 5.91 Å². The number of amides is 1. The average Bonchev–Trinajstić information content (AvgIpc) is 2.55. The molecular formula is C17H15N3O4. The number of carboxylic acids is 1. The van der Waals surface area contributed by atoms with Gasteiger partial charge in [-0.05, 0) is 31.2 Å². The van der Waals surface area contributed by atoms with E-state index in [1.165, 1.54) is 12.1 Å². The van der Waals surface area contributed by atoms with E-state index in [-0.39, 0.29) is 16.8 Å². The smallest absolute Gasteiger partial charge is 0.339 e. The number of hydrogen-bond acceptors (Lipinski definition) is 5. The highest BCUT2D eigenvalue weighted by atomic mass is 16.4. The fourth-order valence-corrected chi connectivity index (χ4v) is 1.82. The number of aromatic carboxylic acids is 1. The molecule has 0 saturated carbocycles. The van der Waals surface area contributed by atoms with Crippen LogP contribution in [0.15, 0.2) is 71.0 Å². The number of para-hydroxylation sites is 1. The number of phenols is 1. The lowest BCUT2D eigenvalue weighted by atomic mass is 10.2. The Labute approximate surface area is 138 Å². The monoisotopic (exact) mass is 325 g/mol. The van der Waals surface area contributed by atoms with Crippen molar-refractivity contribution in [3.63, 3.8) is 0 Å². The third kappa shape index (κ3) is 3.83. The number of hydrogen-bond donors (Lipinski definition) is 2. The molecule has 0 saturated heterocycles. The van der Waals surface area contributed by atoms with Crippen molar-refractivity contribution in [2.75, 3.05) is 5.01 Å². The summed E-state index contributed by atoms with van der Waals surface area (Å²) < 4.78 is 0. The largest absolute Gasteiger partial charge is 0.507 e. The van der Waals surface area contributed by atoms with E-state index in [9.17, 15) is 14.7 Å². The highest BCUT2D eigenvalue weighted by Crippen LogP contribution is 2.25. The molecule has 0 spiro atoms. The van der Waals surface area contributed by atoms with Gasteiger partial charge in [-0.15, -0.1) is 5.11 Å².